The zero-order valence-electron chi connectivity index (χ0n) is 14.5. The summed E-state index contributed by atoms with van der Waals surface area (Å²) in [6.45, 7) is 4.01. The lowest BCUT2D eigenvalue weighted by Crippen LogP contribution is -2.41. The lowest BCUT2D eigenvalue weighted by atomic mass is 10.0. The summed E-state index contributed by atoms with van der Waals surface area (Å²) < 4.78 is 5.22. The third-order valence-electron chi connectivity index (χ3n) is 4.31. The van der Waals surface area contributed by atoms with Crippen molar-refractivity contribution in [1.82, 2.24) is 0 Å². The maximum absolute atomic E-state index is 12.3. The molecule has 0 bridgehead atoms. The predicted molar refractivity (Wildman–Crippen MR) is 98.2 cm³/mol. The molecule has 6 nitrogen and oxygen atoms in total. The van der Waals surface area contributed by atoms with E-state index in [4.69, 9.17) is 4.74 Å². The Bertz CT molecular complexity index is 833. The zero-order valence-corrected chi connectivity index (χ0v) is 14.5. The van der Waals surface area contributed by atoms with Gasteiger partial charge < -0.3 is 20.7 Å². The third kappa shape index (κ3) is 3.57. The maximum atomic E-state index is 12.3. The monoisotopic (exact) mass is 339 g/mol. The summed E-state index contributed by atoms with van der Waals surface area (Å²) in [4.78, 5) is 24.6. The van der Waals surface area contributed by atoms with Crippen LogP contribution in [0.2, 0.25) is 0 Å². The zero-order chi connectivity index (χ0) is 18.0. The van der Waals surface area contributed by atoms with Gasteiger partial charge in [-0.1, -0.05) is 12.1 Å². The highest BCUT2D eigenvalue weighted by molar-refractivity contribution is 6.06. The SMILES string of the molecule is COc1ccccc1NC(=O)C[C@@H]1Nc2cc(C)c(C)cc2NC1=O. The molecule has 0 aromatic heterocycles. The van der Waals surface area contributed by atoms with Gasteiger partial charge in [-0.15, -0.1) is 0 Å². The second kappa shape index (κ2) is 6.84. The number of hydrogen-bond acceptors (Lipinski definition) is 4. The van der Waals surface area contributed by atoms with E-state index in [1.807, 2.05) is 38.1 Å². The minimum absolute atomic E-state index is 0.0241. The Morgan fingerprint density at radius 2 is 1.84 bits per heavy atom. The summed E-state index contributed by atoms with van der Waals surface area (Å²) in [7, 11) is 1.54. The number of aryl methyl sites for hydroxylation is 2. The van der Waals surface area contributed by atoms with Gasteiger partial charge in [0.05, 0.1) is 30.6 Å². The summed E-state index contributed by atoms with van der Waals surface area (Å²) in [5.74, 6) is 0.101. The molecule has 0 fully saturated rings. The standard InChI is InChI=1S/C19H21N3O3/c1-11-8-14-15(9-12(11)2)22-19(24)16(20-14)10-18(23)21-13-6-4-5-7-17(13)25-3/h4-9,16,20H,10H2,1-3H3,(H,21,23)(H,22,24)/t16-/m0/s1. The Morgan fingerprint density at radius 3 is 2.56 bits per heavy atom. The summed E-state index contributed by atoms with van der Waals surface area (Å²) in [6.07, 6.45) is 0.0241. The molecule has 0 radical (unpaired) electrons. The van der Waals surface area contributed by atoms with Crippen LogP contribution in [0, 0.1) is 13.8 Å². The van der Waals surface area contributed by atoms with Crippen LogP contribution in [0.1, 0.15) is 17.5 Å². The van der Waals surface area contributed by atoms with Gasteiger partial charge in [0.1, 0.15) is 11.8 Å². The van der Waals surface area contributed by atoms with Crippen LogP contribution >= 0.6 is 0 Å². The molecule has 130 valence electrons. The van der Waals surface area contributed by atoms with E-state index in [1.54, 1.807) is 19.2 Å². The van der Waals surface area contributed by atoms with Crippen LogP contribution in [0.25, 0.3) is 0 Å². The third-order valence-corrected chi connectivity index (χ3v) is 4.31. The van der Waals surface area contributed by atoms with Crippen molar-refractivity contribution in [1.29, 1.82) is 0 Å². The average molecular weight is 339 g/mol. The molecule has 1 aliphatic heterocycles. The van der Waals surface area contributed by atoms with Crippen molar-refractivity contribution in [2.75, 3.05) is 23.1 Å². The number of ether oxygens (including phenoxy) is 1. The van der Waals surface area contributed by atoms with Crippen molar-refractivity contribution in [2.24, 2.45) is 0 Å². The van der Waals surface area contributed by atoms with Crippen molar-refractivity contribution >= 4 is 28.9 Å². The van der Waals surface area contributed by atoms with E-state index >= 15 is 0 Å². The minimum atomic E-state index is -0.621. The highest BCUT2D eigenvalue weighted by atomic mass is 16.5. The van der Waals surface area contributed by atoms with Crippen LogP contribution in [-0.2, 0) is 9.59 Å². The van der Waals surface area contributed by atoms with Gasteiger partial charge in [0.2, 0.25) is 11.8 Å². The summed E-state index contributed by atoms with van der Waals surface area (Å²) >= 11 is 0. The fourth-order valence-corrected chi connectivity index (χ4v) is 2.79. The normalized spacial score (nSPS) is 15.6. The van der Waals surface area contributed by atoms with E-state index in [9.17, 15) is 9.59 Å². The number of rotatable bonds is 4. The highest BCUT2D eigenvalue weighted by Gasteiger charge is 2.28. The molecule has 6 heteroatoms. The first-order valence-electron chi connectivity index (χ1n) is 8.09. The van der Waals surface area contributed by atoms with Gasteiger partial charge in [-0.2, -0.15) is 0 Å². The quantitative estimate of drug-likeness (QED) is 0.800. The van der Waals surface area contributed by atoms with Gasteiger partial charge in [0.25, 0.3) is 0 Å². The van der Waals surface area contributed by atoms with E-state index in [-0.39, 0.29) is 18.2 Å². The smallest absolute Gasteiger partial charge is 0.247 e. The second-order valence-corrected chi connectivity index (χ2v) is 6.12. The number of anilines is 3. The maximum Gasteiger partial charge on any atom is 0.247 e. The molecule has 1 heterocycles. The van der Waals surface area contributed by atoms with Crippen LogP contribution in [0.4, 0.5) is 17.1 Å². The number of nitrogens with one attached hydrogen (secondary N) is 3. The number of para-hydroxylation sites is 2. The van der Waals surface area contributed by atoms with E-state index in [2.05, 4.69) is 16.0 Å². The number of fused-ring (bicyclic) bond motifs is 1. The number of amides is 2. The molecular weight excluding hydrogens is 318 g/mol. The number of carbonyl (C=O) groups is 2. The molecule has 0 aliphatic carbocycles. The van der Waals surface area contributed by atoms with Crippen LogP contribution in [0.5, 0.6) is 5.75 Å². The van der Waals surface area contributed by atoms with Crippen molar-refractivity contribution in [3.63, 3.8) is 0 Å². The van der Waals surface area contributed by atoms with Crippen LogP contribution < -0.4 is 20.7 Å². The Balaban J connectivity index is 1.71. The predicted octanol–water partition coefficient (Wildman–Crippen LogP) is 3.07. The molecule has 2 aromatic rings. The Morgan fingerprint density at radius 1 is 1.16 bits per heavy atom. The van der Waals surface area contributed by atoms with Crippen molar-refractivity contribution in [3.05, 3.63) is 47.5 Å². The molecule has 0 saturated carbocycles. The van der Waals surface area contributed by atoms with Gasteiger partial charge in [-0.3, -0.25) is 9.59 Å². The van der Waals surface area contributed by atoms with Gasteiger partial charge in [0, 0.05) is 0 Å². The summed E-state index contributed by atoms with van der Waals surface area (Å²) in [5.41, 5.74) is 4.39. The number of methoxy groups -OCH3 is 1. The first kappa shape index (κ1) is 16.8. The first-order chi connectivity index (χ1) is 12.0. The lowest BCUT2D eigenvalue weighted by Gasteiger charge is -2.27. The molecular formula is C19H21N3O3. The molecule has 2 amide bonds. The minimum Gasteiger partial charge on any atom is -0.495 e. The molecule has 1 aliphatic rings. The lowest BCUT2D eigenvalue weighted by molar-refractivity contribution is -0.122. The molecule has 25 heavy (non-hydrogen) atoms. The molecule has 0 unspecified atom stereocenters. The van der Waals surface area contributed by atoms with Gasteiger partial charge >= 0.3 is 0 Å². The van der Waals surface area contributed by atoms with Gasteiger partial charge in [-0.05, 0) is 49.2 Å². The van der Waals surface area contributed by atoms with E-state index in [0.717, 1.165) is 22.5 Å². The van der Waals surface area contributed by atoms with Crippen LogP contribution in [0.3, 0.4) is 0 Å². The fourth-order valence-electron chi connectivity index (χ4n) is 2.79. The Hall–Kier alpha value is -3.02. The summed E-state index contributed by atoms with van der Waals surface area (Å²) in [5, 5.41) is 8.81. The van der Waals surface area contributed by atoms with E-state index < -0.39 is 6.04 Å². The molecule has 0 saturated heterocycles. The molecule has 3 N–H and O–H groups in total. The van der Waals surface area contributed by atoms with Gasteiger partial charge in [0.15, 0.2) is 0 Å². The molecule has 3 rings (SSSR count). The summed E-state index contributed by atoms with van der Waals surface area (Å²) in [6, 6.07) is 10.5. The first-order valence-corrected chi connectivity index (χ1v) is 8.09. The number of carbonyl (C=O) groups excluding carboxylic acids is 2. The fraction of sp³-hybridized carbons (Fsp3) is 0.263. The number of hydrogen-bond donors (Lipinski definition) is 3. The Kier molecular flexibility index (Phi) is 4.61. The van der Waals surface area contributed by atoms with E-state index in [0.29, 0.717) is 11.4 Å². The van der Waals surface area contributed by atoms with Crippen molar-refractivity contribution < 1.29 is 14.3 Å². The van der Waals surface area contributed by atoms with Crippen LogP contribution in [-0.4, -0.2) is 25.0 Å². The highest BCUT2D eigenvalue weighted by Crippen LogP contribution is 2.30. The molecule has 2 aromatic carbocycles. The van der Waals surface area contributed by atoms with Crippen molar-refractivity contribution in [2.45, 2.75) is 26.3 Å². The number of benzene rings is 2. The average Bonchev–Trinajstić information content (AvgIpc) is 2.58. The van der Waals surface area contributed by atoms with E-state index in [1.165, 1.54) is 0 Å². The van der Waals surface area contributed by atoms with Crippen LogP contribution in [0.15, 0.2) is 36.4 Å². The topological polar surface area (TPSA) is 79.5 Å². The van der Waals surface area contributed by atoms with Crippen molar-refractivity contribution in [3.8, 4) is 5.75 Å². The second-order valence-electron chi connectivity index (χ2n) is 6.12. The Labute approximate surface area is 146 Å². The largest absolute Gasteiger partial charge is 0.495 e. The van der Waals surface area contributed by atoms with Gasteiger partial charge in [-0.25, -0.2) is 0 Å². The molecule has 1 atom stereocenters. The molecule has 0 spiro atoms.